The summed E-state index contributed by atoms with van der Waals surface area (Å²) >= 11 is 0. The monoisotopic (exact) mass is 230 g/mol. The summed E-state index contributed by atoms with van der Waals surface area (Å²) in [5, 5.41) is 28.1. The average Bonchev–Trinajstić information content (AvgIpc) is 2.26. The minimum Gasteiger partial charge on any atom is -0.507 e. The lowest BCUT2D eigenvalue weighted by Crippen LogP contribution is -2.29. The summed E-state index contributed by atoms with van der Waals surface area (Å²) in [6.45, 7) is 0. The molecule has 1 rings (SSSR count). The van der Waals surface area contributed by atoms with Gasteiger partial charge in [0.05, 0.1) is 7.11 Å². The molecule has 0 aliphatic carbocycles. The fourth-order valence-electron chi connectivity index (χ4n) is 1.19. The molecule has 0 saturated heterocycles. The van der Waals surface area contributed by atoms with Gasteiger partial charge in [-0.2, -0.15) is 0 Å². The Morgan fingerprint density at radius 2 is 2.06 bits per heavy atom. The van der Waals surface area contributed by atoms with Crippen LogP contribution in [-0.2, 0) is 9.53 Å². The van der Waals surface area contributed by atoms with Crippen molar-refractivity contribution < 1.29 is 29.2 Å². The first-order chi connectivity index (χ1) is 7.47. The second kappa shape index (κ2) is 4.91. The van der Waals surface area contributed by atoms with Crippen LogP contribution >= 0.6 is 0 Å². The fourth-order valence-corrected chi connectivity index (χ4v) is 1.19. The van der Waals surface area contributed by atoms with Gasteiger partial charge >= 0.3 is 5.97 Å². The standard InChI is InChI=1S/C10H11FO5/c1-16-10(15)9(14)8(13)6-3-2-5(11)4-7(6)12/h2-4,8-9,12-14H,1H3. The molecule has 0 bridgehead atoms. The maximum absolute atomic E-state index is 12.6. The molecule has 16 heavy (non-hydrogen) atoms. The summed E-state index contributed by atoms with van der Waals surface area (Å²) in [6.07, 6.45) is -3.51. The number of aliphatic hydroxyl groups is 2. The third-order valence-electron chi connectivity index (χ3n) is 2.05. The molecule has 0 aliphatic heterocycles. The molecule has 6 heteroatoms. The van der Waals surface area contributed by atoms with E-state index in [4.69, 9.17) is 0 Å². The third-order valence-corrected chi connectivity index (χ3v) is 2.05. The molecule has 5 nitrogen and oxygen atoms in total. The minimum absolute atomic E-state index is 0.153. The number of phenolic OH excluding ortho intramolecular Hbond substituents is 1. The van der Waals surface area contributed by atoms with Crippen molar-refractivity contribution in [2.75, 3.05) is 7.11 Å². The number of rotatable bonds is 3. The van der Waals surface area contributed by atoms with Crippen LogP contribution in [-0.4, -0.2) is 34.5 Å². The molecule has 2 unspecified atom stereocenters. The SMILES string of the molecule is COC(=O)C(O)C(O)c1ccc(F)cc1O. The summed E-state index contributed by atoms with van der Waals surface area (Å²) in [7, 11) is 1.04. The van der Waals surface area contributed by atoms with Gasteiger partial charge in [-0.1, -0.05) is 0 Å². The van der Waals surface area contributed by atoms with Crippen LogP contribution in [0.5, 0.6) is 5.75 Å². The van der Waals surface area contributed by atoms with Gasteiger partial charge < -0.3 is 20.1 Å². The third kappa shape index (κ3) is 2.47. The molecule has 0 heterocycles. The zero-order valence-corrected chi connectivity index (χ0v) is 8.42. The van der Waals surface area contributed by atoms with Crippen molar-refractivity contribution in [3.63, 3.8) is 0 Å². The number of aromatic hydroxyl groups is 1. The normalized spacial score (nSPS) is 14.2. The number of esters is 1. The summed E-state index contributed by atoms with van der Waals surface area (Å²) in [6, 6.07) is 2.83. The molecule has 0 fully saturated rings. The van der Waals surface area contributed by atoms with E-state index in [1.54, 1.807) is 0 Å². The summed E-state index contributed by atoms with van der Waals surface area (Å²) in [4.78, 5) is 10.9. The van der Waals surface area contributed by atoms with Gasteiger partial charge in [-0.05, 0) is 12.1 Å². The molecule has 0 spiro atoms. The van der Waals surface area contributed by atoms with Crippen molar-refractivity contribution >= 4 is 5.97 Å². The highest BCUT2D eigenvalue weighted by molar-refractivity contribution is 5.75. The molecule has 0 aliphatic rings. The number of phenols is 1. The minimum atomic E-state index is -1.83. The Morgan fingerprint density at radius 3 is 2.56 bits per heavy atom. The Hall–Kier alpha value is -1.66. The van der Waals surface area contributed by atoms with Gasteiger partial charge in [-0.15, -0.1) is 0 Å². The predicted octanol–water partition coefficient (Wildman–Crippen LogP) is 0.0986. The lowest BCUT2D eigenvalue weighted by atomic mass is 10.0. The zero-order chi connectivity index (χ0) is 12.3. The van der Waals surface area contributed by atoms with Crippen molar-refractivity contribution in [2.24, 2.45) is 0 Å². The number of methoxy groups -OCH3 is 1. The van der Waals surface area contributed by atoms with Crippen molar-refractivity contribution in [3.05, 3.63) is 29.6 Å². The second-order valence-corrected chi connectivity index (χ2v) is 3.12. The molecule has 88 valence electrons. The Morgan fingerprint density at radius 1 is 1.44 bits per heavy atom. The predicted molar refractivity (Wildman–Crippen MR) is 51.0 cm³/mol. The number of benzene rings is 1. The van der Waals surface area contributed by atoms with Crippen LogP contribution in [0.2, 0.25) is 0 Å². The molecular weight excluding hydrogens is 219 g/mol. The van der Waals surface area contributed by atoms with Crippen LogP contribution < -0.4 is 0 Å². The van der Waals surface area contributed by atoms with Gasteiger partial charge in [-0.3, -0.25) is 0 Å². The fraction of sp³-hybridized carbons (Fsp3) is 0.300. The van der Waals surface area contributed by atoms with E-state index in [0.717, 1.165) is 25.3 Å². The van der Waals surface area contributed by atoms with Crippen LogP contribution in [0.3, 0.4) is 0 Å². The summed E-state index contributed by atoms with van der Waals surface area (Å²) in [5.41, 5.74) is -0.153. The maximum Gasteiger partial charge on any atom is 0.337 e. The van der Waals surface area contributed by atoms with E-state index in [2.05, 4.69) is 4.74 Å². The van der Waals surface area contributed by atoms with Gasteiger partial charge in [0.2, 0.25) is 0 Å². The summed E-state index contributed by atoms with van der Waals surface area (Å²) in [5.74, 6) is -2.28. The van der Waals surface area contributed by atoms with Crippen LogP contribution in [0.4, 0.5) is 4.39 Å². The first-order valence-electron chi connectivity index (χ1n) is 4.39. The second-order valence-electron chi connectivity index (χ2n) is 3.12. The van der Waals surface area contributed by atoms with E-state index in [1.165, 1.54) is 0 Å². The first-order valence-corrected chi connectivity index (χ1v) is 4.39. The molecular formula is C10H11FO5. The smallest absolute Gasteiger partial charge is 0.337 e. The Balaban J connectivity index is 2.96. The van der Waals surface area contributed by atoms with Crippen molar-refractivity contribution in [1.82, 2.24) is 0 Å². The highest BCUT2D eigenvalue weighted by Crippen LogP contribution is 2.27. The number of halogens is 1. The number of carbonyl (C=O) groups excluding carboxylic acids is 1. The van der Waals surface area contributed by atoms with Crippen LogP contribution in [0.1, 0.15) is 11.7 Å². The van der Waals surface area contributed by atoms with Gasteiger partial charge in [-0.25, -0.2) is 9.18 Å². The van der Waals surface area contributed by atoms with E-state index < -0.39 is 29.7 Å². The average molecular weight is 230 g/mol. The van der Waals surface area contributed by atoms with E-state index in [0.29, 0.717) is 0 Å². The zero-order valence-electron chi connectivity index (χ0n) is 8.42. The van der Waals surface area contributed by atoms with E-state index in [1.807, 2.05) is 0 Å². The largest absolute Gasteiger partial charge is 0.507 e. The molecule has 1 aromatic rings. The number of hydrogen-bond donors (Lipinski definition) is 3. The van der Waals surface area contributed by atoms with E-state index >= 15 is 0 Å². The molecule has 0 aromatic heterocycles. The van der Waals surface area contributed by atoms with Crippen LogP contribution in [0, 0.1) is 5.82 Å². The van der Waals surface area contributed by atoms with Gasteiger partial charge in [0.15, 0.2) is 6.10 Å². The number of ether oxygens (including phenoxy) is 1. The van der Waals surface area contributed by atoms with Crippen molar-refractivity contribution in [3.8, 4) is 5.75 Å². The van der Waals surface area contributed by atoms with Crippen molar-refractivity contribution in [1.29, 1.82) is 0 Å². The molecule has 0 radical (unpaired) electrons. The lowest BCUT2D eigenvalue weighted by molar-refractivity contribution is -0.156. The van der Waals surface area contributed by atoms with E-state index in [-0.39, 0.29) is 5.56 Å². The quantitative estimate of drug-likeness (QED) is 0.641. The highest BCUT2D eigenvalue weighted by Gasteiger charge is 2.28. The number of aliphatic hydroxyl groups excluding tert-OH is 2. The lowest BCUT2D eigenvalue weighted by Gasteiger charge is -2.16. The van der Waals surface area contributed by atoms with Crippen LogP contribution in [0.25, 0.3) is 0 Å². The number of carbonyl (C=O) groups is 1. The maximum atomic E-state index is 12.6. The Kier molecular flexibility index (Phi) is 3.81. The van der Waals surface area contributed by atoms with Gasteiger partial charge in [0.1, 0.15) is 17.7 Å². The topological polar surface area (TPSA) is 87.0 Å². The van der Waals surface area contributed by atoms with Crippen LogP contribution in [0.15, 0.2) is 18.2 Å². The van der Waals surface area contributed by atoms with E-state index in [9.17, 15) is 24.5 Å². The van der Waals surface area contributed by atoms with Gasteiger partial charge in [0.25, 0.3) is 0 Å². The Labute approximate surface area is 90.7 Å². The molecule has 0 saturated carbocycles. The highest BCUT2D eigenvalue weighted by atomic mass is 19.1. The Bertz CT molecular complexity index is 393. The molecule has 3 N–H and O–H groups in total. The first kappa shape index (κ1) is 12.4. The summed E-state index contributed by atoms with van der Waals surface area (Å²) < 4.78 is 16.9. The molecule has 2 atom stereocenters. The number of hydrogen-bond acceptors (Lipinski definition) is 5. The molecule has 0 amide bonds. The molecule has 1 aromatic carbocycles. The van der Waals surface area contributed by atoms with Gasteiger partial charge in [0, 0.05) is 11.6 Å². The van der Waals surface area contributed by atoms with Crippen molar-refractivity contribution in [2.45, 2.75) is 12.2 Å².